The van der Waals surface area contributed by atoms with E-state index in [1.807, 2.05) is 0 Å². The average molecular weight is 389 g/mol. The smallest absolute Gasteiger partial charge is 0.116 e. The highest BCUT2D eigenvalue weighted by atomic mass is 32.1. The van der Waals surface area contributed by atoms with Crippen molar-refractivity contribution >= 4 is 34.6 Å². The van der Waals surface area contributed by atoms with Crippen molar-refractivity contribution in [1.82, 2.24) is 0 Å². The van der Waals surface area contributed by atoms with Crippen LogP contribution in [0.15, 0.2) is 35.0 Å². The van der Waals surface area contributed by atoms with Crippen molar-refractivity contribution in [2.45, 2.75) is 38.5 Å². The number of aliphatic hydroxyl groups is 1. The lowest BCUT2D eigenvalue weighted by molar-refractivity contribution is -0.419. The number of carboxylic acids is 2. The number of aliphatic carboxylic acids is 2. The molecule has 0 fully saturated rings. The Hall–Kier alpha value is -1.78. The Kier molecular flexibility index (Phi) is 11.7. The fourth-order valence-electron chi connectivity index (χ4n) is 1.38. The lowest BCUT2D eigenvalue weighted by Crippen LogP contribution is -2.51. The van der Waals surface area contributed by atoms with Gasteiger partial charge in [0.25, 0.3) is 0 Å². The molecular formula is C16H24N2O5S2. The van der Waals surface area contributed by atoms with Gasteiger partial charge in [-0.2, -0.15) is 0 Å². The van der Waals surface area contributed by atoms with E-state index in [0.717, 1.165) is 0 Å². The molecule has 0 aliphatic heterocycles. The lowest BCUT2D eigenvalue weighted by Gasteiger charge is -2.10. The Morgan fingerprint density at radius 1 is 1.04 bits per heavy atom. The zero-order valence-corrected chi connectivity index (χ0v) is 15.8. The summed E-state index contributed by atoms with van der Waals surface area (Å²) in [6.45, 7) is 4.21. The number of quaternary nitrogens is 2. The van der Waals surface area contributed by atoms with Gasteiger partial charge in [0.05, 0.1) is 21.8 Å². The van der Waals surface area contributed by atoms with Crippen molar-refractivity contribution in [3.8, 4) is 0 Å². The van der Waals surface area contributed by atoms with Gasteiger partial charge in [0.1, 0.15) is 12.1 Å². The first kappa shape index (κ1) is 23.2. The van der Waals surface area contributed by atoms with Gasteiger partial charge < -0.3 is 36.4 Å². The molecule has 7 nitrogen and oxygen atoms in total. The van der Waals surface area contributed by atoms with Crippen LogP contribution >= 0.6 is 22.7 Å². The fourth-order valence-corrected chi connectivity index (χ4v) is 2.79. The van der Waals surface area contributed by atoms with Gasteiger partial charge in [0, 0.05) is 12.4 Å². The first-order valence-corrected chi connectivity index (χ1v) is 9.22. The molecular weight excluding hydrogens is 364 g/mol. The molecule has 2 rings (SSSR count). The highest BCUT2D eigenvalue weighted by Crippen LogP contribution is 2.14. The van der Waals surface area contributed by atoms with E-state index in [9.17, 15) is 19.8 Å². The third-order valence-corrected chi connectivity index (χ3v) is 4.90. The van der Waals surface area contributed by atoms with Crippen LogP contribution in [0.1, 0.15) is 42.1 Å². The van der Waals surface area contributed by atoms with E-state index in [4.69, 9.17) is 5.11 Å². The number of carbonyl (C=O) groups is 2. The second kappa shape index (κ2) is 12.6. The summed E-state index contributed by atoms with van der Waals surface area (Å²) in [5.41, 5.74) is 7.78. The lowest BCUT2D eigenvalue weighted by atomic mass is 10.3. The van der Waals surface area contributed by atoms with Crippen LogP contribution in [0.5, 0.6) is 0 Å². The van der Waals surface area contributed by atoms with E-state index in [-0.39, 0.29) is 0 Å². The summed E-state index contributed by atoms with van der Waals surface area (Å²) in [4.78, 5) is 21.9. The van der Waals surface area contributed by atoms with Crippen LogP contribution in [-0.2, 0) is 9.59 Å². The zero-order chi connectivity index (χ0) is 19.4. The second-order valence-corrected chi connectivity index (χ2v) is 7.20. The predicted molar refractivity (Wildman–Crippen MR) is 91.9 cm³/mol. The molecule has 0 aromatic carbocycles. The largest absolute Gasteiger partial charge is 0.550 e. The maximum atomic E-state index is 9.58. The van der Waals surface area contributed by atoms with Gasteiger partial charge >= 0.3 is 0 Å². The van der Waals surface area contributed by atoms with Crippen molar-refractivity contribution in [2.24, 2.45) is 0 Å². The van der Waals surface area contributed by atoms with Gasteiger partial charge in [-0.1, -0.05) is 12.1 Å². The van der Waals surface area contributed by atoms with E-state index in [1.165, 1.54) is 9.75 Å². The molecule has 2 heterocycles. The van der Waals surface area contributed by atoms with Crippen molar-refractivity contribution in [3.05, 3.63) is 44.8 Å². The Bertz CT molecular complexity index is 560. The summed E-state index contributed by atoms with van der Waals surface area (Å²) < 4.78 is 0. The molecule has 0 unspecified atom stereocenters. The molecule has 7 N–H and O–H groups in total. The van der Waals surface area contributed by atoms with Crippen LogP contribution in [0.4, 0.5) is 0 Å². The maximum Gasteiger partial charge on any atom is 0.116 e. The molecule has 0 bridgehead atoms. The second-order valence-electron chi connectivity index (χ2n) is 5.24. The molecule has 25 heavy (non-hydrogen) atoms. The monoisotopic (exact) mass is 388 g/mol. The molecule has 0 radical (unpaired) electrons. The average Bonchev–Trinajstić information content (AvgIpc) is 3.21. The summed E-state index contributed by atoms with van der Waals surface area (Å²) in [5.74, 6) is -3.43. The van der Waals surface area contributed by atoms with E-state index < -0.39 is 24.5 Å². The van der Waals surface area contributed by atoms with Gasteiger partial charge in [-0.05, 0) is 36.7 Å². The molecule has 0 aliphatic rings. The van der Waals surface area contributed by atoms with Crippen LogP contribution in [-0.4, -0.2) is 23.1 Å². The standard InChI is InChI=1S/2C6H9NS.C4H6O5/c2*1-5(7)6-3-2-4-8-6;5-2(4(8)9)1-3(6)7/h2*2-5H,7H2,1H3;2,5H,1H2,(H,6,7)(H,8,9)/t2*5-;2-/m001/s1. The van der Waals surface area contributed by atoms with E-state index >= 15 is 0 Å². The van der Waals surface area contributed by atoms with Crippen molar-refractivity contribution in [1.29, 1.82) is 0 Å². The van der Waals surface area contributed by atoms with Crippen molar-refractivity contribution in [3.63, 3.8) is 0 Å². The topological polar surface area (TPSA) is 156 Å². The molecule has 0 amide bonds. The molecule has 0 spiro atoms. The highest BCUT2D eigenvalue weighted by Gasteiger charge is 2.03. The van der Waals surface area contributed by atoms with Crippen molar-refractivity contribution in [2.75, 3.05) is 0 Å². The van der Waals surface area contributed by atoms with Crippen molar-refractivity contribution < 1.29 is 36.4 Å². The third kappa shape index (κ3) is 11.4. The quantitative estimate of drug-likeness (QED) is 0.559. The number of hydrogen-bond acceptors (Lipinski definition) is 7. The molecule has 9 heteroatoms. The molecule has 0 saturated heterocycles. The minimum absolute atomic E-state index is 0.454. The molecule has 0 aliphatic carbocycles. The molecule has 140 valence electrons. The number of hydrogen-bond donors (Lipinski definition) is 3. The fraction of sp³-hybridized carbons (Fsp3) is 0.375. The van der Waals surface area contributed by atoms with Crippen LogP contribution in [0.25, 0.3) is 0 Å². The van der Waals surface area contributed by atoms with Gasteiger partial charge in [0.2, 0.25) is 0 Å². The summed E-state index contributed by atoms with van der Waals surface area (Å²) in [6.07, 6.45) is -2.89. The number of aliphatic hydroxyl groups excluding tert-OH is 1. The maximum absolute atomic E-state index is 9.58. The number of rotatable bonds is 5. The van der Waals surface area contributed by atoms with Crippen LogP contribution < -0.4 is 21.7 Å². The Morgan fingerprint density at radius 3 is 1.56 bits per heavy atom. The number of thiophene rings is 2. The summed E-state index contributed by atoms with van der Waals surface area (Å²) in [7, 11) is 0. The minimum atomic E-state index is -1.96. The first-order chi connectivity index (χ1) is 11.6. The van der Waals surface area contributed by atoms with E-state index in [1.54, 1.807) is 22.7 Å². The predicted octanol–water partition coefficient (Wildman–Crippen LogP) is -1.66. The Labute approximate surface area is 154 Å². The van der Waals surface area contributed by atoms with Gasteiger partial charge in [-0.15, -0.1) is 22.7 Å². The third-order valence-electron chi connectivity index (χ3n) is 2.69. The van der Waals surface area contributed by atoms with Gasteiger partial charge in [-0.25, -0.2) is 0 Å². The van der Waals surface area contributed by atoms with Crippen LogP contribution in [0.3, 0.4) is 0 Å². The number of carbonyl (C=O) groups excluding carboxylic acids is 2. The van der Waals surface area contributed by atoms with E-state index in [2.05, 4.69) is 60.3 Å². The normalized spacial score (nSPS) is 13.3. The van der Waals surface area contributed by atoms with Crippen LogP contribution in [0.2, 0.25) is 0 Å². The Morgan fingerprint density at radius 2 is 1.44 bits per heavy atom. The summed E-state index contributed by atoms with van der Waals surface area (Å²) in [5, 5.41) is 31.5. The molecule has 3 atom stereocenters. The van der Waals surface area contributed by atoms with E-state index in [0.29, 0.717) is 12.1 Å². The van der Waals surface area contributed by atoms with Crippen LogP contribution in [0, 0.1) is 0 Å². The molecule has 2 aromatic heterocycles. The zero-order valence-electron chi connectivity index (χ0n) is 14.2. The summed E-state index contributed by atoms with van der Waals surface area (Å²) >= 11 is 3.54. The SMILES string of the molecule is C[C@H]([NH3+])c1cccs1.C[C@H]([NH3+])c1cccs1.O=C([O-])C[C@@H](O)C(=O)[O-]. The Balaban J connectivity index is 0.000000346. The molecule has 0 saturated carbocycles. The first-order valence-electron chi connectivity index (χ1n) is 7.46. The summed E-state index contributed by atoms with van der Waals surface area (Å²) in [6, 6.07) is 9.25. The highest BCUT2D eigenvalue weighted by molar-refractivity contribution is 7.10. The van der Waals surface area contributed by atoms with Gasteiger partial charge in [-0.3, -0.25) is 0 Å². The number of carboxylic acid groups (broad SMARTS) is 2. The van der Waals surface area contributed by atoms with Gasteiger partial charge in [0.15, 0.2) is 0 Å². The molecule has 2 aromatic rings. The minimum Gasteiger partial charge on any atom is -0.550 e.